The van der Waals surface area contributed by atoms with Crippen LogP contribution in [-0.2, 0) is 39.8 Å². The van der Waals surface area contributed by atoms with Crippen molar-refractivity contribution in [3.05, 3.63) is 46.5 Å². The fourth-order valence-corrected chi connectivity index (χ4v) is 7.55. The molecule has 0 aromatic heterocycles. The maximum Gasteiger partial charge on any atom is 0.409 e. The summed E-state index contributed by atoms with van der Waals surface area (Å²) >= 11 is 8.21. The van der Waals surface area contributed by atoms with E-state index in [1.54, 1.807) is 52.1 Å². The topological polar surface area (TPSA) is 156 Å². The minimum Gasteiger partial charge on any atom is -0.495 e. The van der Waals surface area contributed by atoms with Crippen molar-refractivity contribution >= 4 is 52.9 Å². The molecule has 15 heteroatoms. The van der Waals surface area contributed by atoms with E-state index in [-0.39, 0.29) is 34.8 Å². The molecule has 3 amide bonds. The van der Waals surface area contributed by atoms with Crippen LogP contribution in [0.25, 0.3) is 0 Å². The van der Waals surface area contributed by atoms with Crippen molar-refractivity contribution < 1.29 is 48.0 Å². The molecule has 0 unspecified atom stereocenters. The molecule has 4 rings (SSSR count). The van der Waals surface area contributed by atoms with Crippen LogP contribution in [0.3, 0.4) is 0 Å². The molecule has 1 aromatic rings. The molecular formula is C37H52ClN3O10S. The fraction of sp³-hybridized carbons (Fsp3) is 0.622. The first-order chi connectivity index (χ1) is 24.3. The number of esters is 1. The number of halogens is 1. The van der Waals surface area contributed by atoms with Gasteiger partial charge in [0.25, 0.3) is 0 Å². The summed E-state index contributed by atoms with van der Waals surface area (Å²) in [5.41, 5.74) is -0.887. The monoisotopic (exact) mass is 765 g/mol. The standard InChI is InChI=1S/C37H52ClN3O10S/c1-20(2)52-19-31(43)40(7)23(5)34(44)50-29-17-30(42)41(8)25-15-24(16-26(47-9)32(25)38)14-21(3)12-11-13-28(48-10)37(46)18-27(49-35(45)39-37)22(4)33-36(29,6)51-33/h11-13,15-16,20,22-23,27-29,33,46H,14,17-19H2,1-10H3,(H,39,45)/b13-11+,21-12+/t22-,23-,27+,28-,29+,33+,36+,37+/m1/s1. The zero-order valence-electron chi connectivity index (χ0n) is 31.6. The Balaban J connectivity index is 1.75. The minimum atomic E-state index is -1.82. The second kappa shape index (κ2) is 16.8. The van der Waals surface area contributed by atoms with Crippen molar-refractivity contribution in [3.8, 4) is 5.75 Å². The molecule has 3 aliphatic rings. The molecule has 288 valence electrons. The molecule has 3 heterocycles. The number of fused-ring (bicyclic) bond motifs is 5. The van der Waals surface area contributed by atoms with E-state index in [9.17, 15) is 24.3 Å². The highest BCUT2D eigenvalue weighted by Crippen LogP contribution is 2.49. The Bertz CT molecular complexity index is 1590. The maximum atomic E-state index is 14.1. The molecule has 52 heavy (non-hydrogen) atoms. The number of ether oxygens (including phenoxy) is 5. The molecule has 0 saturated carbocycles. The second-order valence-corrected chi connectivity index (χ2v) is 16.2. The summed E-state index contributed by atoms with van der Waals surface area (Å²) in [4.78, 5) is 56.3. The zero-order valence-corrected chi connectivity index (χ0v) is 33.1. The molecule has 1 aromatic carbocycles. The quantitative estimate of drug-likeness (QED) is 0.281. The van der Waals surface area contributed by atoms with Crippen molar-refractivity contribution in [1.82, 2.24) is 10.2 Å². The van der Waals surface area contributed by atoms with Gasteiger partial charge in [0, 0.05) is 33.5 Å². The molecule has 8 atom stereocenters. The summed E-state index contributed by atoms with van der Waals surface area (Å²) in [5.74, 6) is -1.33. The van der Waals surface area contributed by atoms with Gasteiger partial charge in [-0.2, -0.15) is 0 Å². The normalized spacial score (nSPS) is 31.7. The number of carbonyl (C=O) groups is 4. The highest BCUT2D eigenvalue weighted by atomic mass is 35.5. The van der Waals surface area contributed by atoms with Crippen LogP contribution >= 0.6 is 23.4 Å². The number of carbonyl (C=O) groups excluding carboxylic acids is 4. The second-order valence-electron chi connectivity index (χ2n) is 14.3. The molecule has 2 saturated heterocycles. The number of anilines is 1. The van der Waals surface area contributed by atoms with Gasteiger partial charge in [0.2, 0.25) is 11.8 Å². The number of nitrogens with one attached hydrogen (secondary N) is 1. The van der Waals surface area contributed by atoms with Gasteiger partial charge in [-0.05, 0) is 50.1 Å². The van der Waals surface area contributed by atoms with Crippen LogP contribution in [-0.4, -0.2) is 115 Å². The predicted molar refractivity (Wildman–Crippen MR) is 199 cm³/mol. The van der Waals surface area contributed by atoms with Crippen molar-refractivity contribution in [3.63, 3.8) is 0 Å². The Morgan fingerprint density at radius 2 is 1.92 bits per heavy atom. The molecular weight excluding hydrogens is 714 g/mol. The Labute approximate surface area is 315 Å². The first-order valence-corrected chi connectivity index (χ1v) is 18.7. The highest BCUT2D eigenvalue weighted by molar-refractivity contribution is 8.00. The predicted octanol–water partition coefficient (Wildman–Crippen LogP) is 4.66. The first kappa shape index (κ1) is 41.5. The van der Waals surface area contributed by atoms with Gasteiger partial charge in [0.15, 0.2) is 5.72 Å². The van der Waals surface area contributed by atoms with Crippen LogP contribution in [0.5, 0.6) is 5.75 Å². The van der Waals surface area contributed by atoms with Gasteiger partial charge in [-0.3, -0.25) is 14.9 Å². The molecule has 3 aliphatic heterocycles. The number of alkyl carbamates (subject to hydrolysis) is 1. The van der Waals surface area contributed by atoms with Gasteiger partial charge >= 0.3 is 12.1 Å². The molecule has 4 bridgehead atoms. The van der Waals surface area contributed by atoms with E-state index >= 15 is 0 Å². The van der Waals surface area contributed by atoms with E-state index in [4.69, 9.17) is 35.3 Å². The lowest BCUT2D eigenvalue weighted by Gasteiger charge is -2.42. The van der Waals surface area contributed by atoms with Crippen LogP contribution < -0.4 is 15.0 Å². The van der Waals surface area contributed by atoms with Gasteiger partial charge in [0.05, 0.1) is 31.1 Å². The maximum absolute atomic E-state index is 14.1. The number of allylic oxidation sites excluding steroid dienone is 3. The Morgan fingerprint density at radius 1 is 1.23 bits per heavy atom. The number of hydrogen-bond donors (Lipinski definition) is 2. The number of likely N-dealkylation sites (N-methyl/N-ethyl adjacent to an activating group) is 1. The average Bonchev–Trinajstić information content (AvgIpc) is 3.79. The molecule has 2 fully saturated rings. The number of epoxide rings is 1. The Kier molecular flexibility index (Phi) is 13.4. The van der Waals surface area contributed by atoms with E-state index in [0.717, 1.165) is 11.1 Å². The molecule has 0 radical (unpaired) electrons. The lowest BCUT2D eigenvalue weighted by atomic mass is 9.83. The van der Waals surface area contributed by atoms with E-state index in [1.807, 2.05) is 26.8 Å². The summed E-state index contributed by atoms with van der Waals surface area (Å²) in [5, 5.41) is 14.7. The fourth-order valence-electron chi connectivity index (χ4n) is 6.56. The number of nitrogens with zero attached hydrogens (tertiary/aromatic N) is 2. The van der Waals surface area contributed by atoms with E-state index in [2.05, 4.69) is 5.32 Å². The van der Waals surface area contributed by atoms with Crippen LogP contribution in [0.1, 0.15) is 59.9 Å². The lowest BCUT2D eigenvalue weighted by Crippen LogP contribution is -2.63. The summed E-state index contributed by atoms with van der Waals surface area (Å²) in [7, 11) is 6.04. The number of aliphatic hydroxyl groups is 1. The zero-order chi connectivity index (χ0) is 38.7. The summed E-state index contributed by atoms with van der Waals surface area (Å²) < 4.78 is 29.2. The molecule has 0 aliphatic carbocycles. The summed E-state index contributed by atoms with van der Waals surface area (Å²) in [6, 6.07) is 2.63. The third-order valence-electron chi connectivity index (χ3n) is 10.1. The lowest BCUT2D eigenvalue weighted by molar-refractivity contribution is -0.161. The van der Waals surface area contributed by atoms with E-state index in [0.29, 0.717) is 17.9 Å². The van der Waals surface area contributed by atoms with Crippen molar-refractivity contribution in [2.45, 2.75) is 108 Å². The van der Waals surface area contributed by atoms with Crippen LogP contribution in [0.4, 0.5) is 10.5 Å². The molecule has 0 spiro atoms. The van der Waals surface area contributed by atoms with Gasteiger partial charge in [-0.1, -0.05) is 56.2 Å². The minimum absolute atomic E-state index is 0.0457. The number of hydrogen-bond acceptors (Lipinski definition) is 11. The van der Waals surface area contributed by atoms with Crippen molar-refractivity contribution in [2.24, 2.45) is 5.92 Å². The summed E-state index contributed by atoms with van der Waals surface area (Å²) in [6.45, 7) is 11.0. The van der Waals surface area contributed by atoms with Crippen LogP contribution in [0.15, 0.2) is 35.9 Å². The number of benzene rings is 1. The van der Waals surface area contributed by atoms with Gasteiger partial charge in [0.1, 0.15) is 40.7 Å². The van der Waals surface area contributed by atoms with Crippen LogP contribution in [0, 0.1) is 5.92 Å². The first-order valence-electron chi connectivity index (χ1n) is 17.3. The smallest absolute Gasteiger partial charge is 0.409 e. The summed E-state index contributed by atoms with van der Waals surface area (Å²) in [6.07, 6.45) is 0.996. The largest absolute Gasteiger partial charge is 0.495 e. The SMILES string of the molecule is COc1cc2cc(c1Cl)N(C)C(=O)C[C@H](OC(=O)[C@@H](C)N(C)C(=O)CSC(C)C)[C@]1(C)O[C@H]1[C@H](C)[C@@H]1C[C@@](O)(NC(=O)O1)[C@H](OC)/C=C/C=C(\C)C2. The Morgan fingerprint density at radius 3 is 2.56 bits per heavy atom. The highest BCUT2D eigenvalue weighted by Gasteiger charge is 2.64. The van der Waals surface area contributed by atoms with E-state index in [1.165, 1.54) is 42.8 Å². The third kappa shape index (κ3) is 9.25. The Hall–Kier alpha value is -3.30. The molecule has 13 nitrogen and oxygen atoms in total. The van der Waals surface area contributed by atoms with E-state index < -0.39 is 65.7 Å². The molecule has 2 N–H and O–H groups in total. The van der Waals surface area contributed by atoms with Crippen molar-refractivity contribution in [1.29, 1.82) is 0 Å². The number of methoxy groups -OCH3 is 2. The van der Waals surface area contributed by atoms with Crippen LogP contribution in [0.2, 0.25) is 5.02 Å². The van der Waals surface area contributed by atoms with Crippen molar-refractivity contribution in [2.75, 3.05) is 39.0 Å². The average molecular weight is 766 g/mol. The number of thioether (sulfide) groups is 1. The third-order valence-corrected chi connectivity index (χ3v) is 11.5. The van der Waals surface area contributed by atoms with Gasteiger partial charge in [-0.25, -0.2) is 9.59 Å². The number of amides is 3. The van der Waals surface area contributed by atoms with Gasteiger partial charge < -0.3 is 38.6 Å². The number of rotatable bonds is 8. The van der Waals surface area contributed by atoms with Gasteiger partial charge in [-0.15, -0.1) is 11.8 Å².